The molecule has 0 aromatic carbocycles. The second-order valence-corrected chi connectivity index (χ2v) is 5.55. The van der Waals surface area contributed by atoms with Crippen LogP contribution in [0.1, 0.15) is 24.2 Å². The van der Waals surface area contributed by atoms with Gasteiger partial charge in [0.15, 0.2) is 5.82 Å². The van der Waals surface area contributed by atoms with E-state index in [1.54, 1.807) is 18.6 Å². The molecule has 2 aromatic heterocycles. The van der Waals surface area contributed by atoms with Gasteiger partial charge in [0.1, 0.15) is 5.82 Å². The molecule has 7 heteroatoms. The van der Waals surface area contributed by atoms with E-state index in [-0.39, 0.29) is 12.6 Å². The first kappa shape index (κ1) is 15.2. The van der Waals surface area contributed by atoms with Crippen LogP contribution in [0.2, 0.25) is 0 Å². The first-order valence-corrected chi connectivity index (χ1v) is 7.75. The van der Waals surface area contributed by atoms with Crippen LogP contribution in [0.3, 0.4) is 0 Å². The minimum atomic E-state index is -0.289. The lowest BCUT2D eigenvalue weighted by Crippen LogP contribution is -2.30. The van der Waals surface area contributed by atoms with Crippen LogP contribution in [-0.2, 0) is 6.54 Å². The van der Waals surface area contributed by atoms with E-state index in [9.17, 15) is 4.79 Å². The number of urea groups is 1. The minimum absolute atomic E-state index is 0.283. The van der Waals surface area contributed by atoms with Gasteiger partial charge in [0.05, 0.1) is 12.2 Å². The lowest BCUT2D eigenvalue weighted by Gasteiger charge is -2.20. The molecule has 7 nitrogen and oxygen atoms in total. The number of rotatable bonds is 4. The number of carbonyl (C=O) groups is 1. The Morgan fingerprint density at radius 2 is 1.96 bits per heavy atom. The fourth-order valence-corrected chi connectivity index (χ4v) is 2.51. The summed E-state index contributed by atoms with van der Waals surface area (Å²) < 4.78 is 0. The molecule has 2 amide bonds. The Balaban J connectivity index is 1.60. The highest BCUT2D eigenvalue weighted by Crippen LogP contribution is 2.25. The highest BCUT2D eigenvalue weighted by atomic mass is 16.2. The molecule has 1 saturated heterocycles. The first-order valence-electron chi connectivity index (χ1n) is 7.75. The van der Waals surface area contributed by atoms with Gasteiger partial charge in [-0.2, -0.15) is 0 Å². The number of amides is 2. The summed E-state index contributed by atoms with van der Waals surface area (Å²) in [5, 5.41) is 5.62. The van der Waals surface area contributed by atoms with E-state index in [2.05, 4.69) is 30.5 Å². The van der Waals surface area contributed by atoms with Gasteiger partial charge < -0.3 is 15.5 Å². The molecule has 0 aliphatic carbocycles. The van der Waals surface area contributed by atoms with Crippen molar-refractivity contribution >= 4 is 17.5 Å². The van der Waals surface area contributed by atoms with E-state index in [4.69, 9.17) is 0 Å². The largest absolute Gasteiger partial charge is 0.355 e. The molecule has 23 heavy (non-hydrogen) atoms. The van der Waals surface area contributed by atoms with Crippen LogP contribution in [0.15, 0.2) is 30.7 Å². The first-order chi connectivity index (χ1) is 11.2. The molecule has 1 aliphatic rings. The van der Waals surface area contributed by atoms with Gasteiger partial charge in [-0.05, 0) is 37.5 Å². The van der Waals surface area contributed by atoms with Crippen LogP contribution in [0, 0.1) is 6.92 Å². The summed E-state index contributed by atoms with van der Waals surface area (Å²) in [7, 11) is 0. The van der Waals surface area contributed by atoms with Crippen molar-refractivity contribution in [3.8, 4) is 0 Å². The predicted molar refractivity (Wildman–Crippen MR) is 88.3 cm³/mol. The molecule has 0 bridgehead atoms. The third kappa shape index (κ3) is 3.94. The van der Waals surface area contributed by atoms with E-state index < -0.39 is 0 Å². The minimum Gasteiger partial charge on any atom is -0.355 e. The average molecular weight is 312 g/mol. The Morgan fingerprint density at radius 1 is 1.22 bits per heavy atom. The van der Waals surface area contributed by atoms with Crippen molar-refractivity contribution in [3.63, 3.8) is 0 Å². The summed E-state index contributed by atoms with van der Waals surface area (Å²) in [6, 6.07) is 3.39. The van der Waals surface area contributed by atoms with Crippen LogP contribution in [0.5, 0.6) is 0 Å². The van der Waals surface area contributed by atoms with E-state index in [0.717, 1.165) is 43.0 Å². The molecule has 1 aliphatic heterocycles. The molecule has 0 unspecified atom stereocenters. The van der Waals surface area contributed by atoms with Gasteiger partial charge in [-0.25, -0.2) is 19.7 Å². The van der Waals surface area contributed by atoms with Gasteiger partial charge in [0, 0.05) is 31.7 Å². The molecule has 120 valence electrons. The zero-order valence-corrected chi connectivity index (χ0v) is 13.1. The molecule has 1 fully saturated rings. The van der Waals surface area contributed by atoms with Gasteiger partial charge in [0.25, 0.3) is 0 Å². The van der Waals surface area contributed by atoms with Crippen molar-refractivity contribution in [1.82, 2.24) is 20.3 Å². The molecular formula is C16H20N6O. The van der Waals surface area contributed by atoms with Crippen LogP contribution in [-0.4, -0.2) is 34.1 Å². The van der Waals surface area contributed by atoms with Crippen LogP contribution in [0.4, 0.5) is 16.3 Å². The van der Waals surface area contributed by atoms with E-state index in [0.29, 0.717) is 5.82 Å². The number of hydrogen-bond acceptors (Lipinski definition) is 5. The number of carbonyl (C=O) groups excluding carboxylic acids is 1. The van der Waals surface area contributed by atoms with Crippen molar-refractivity contribution in [2.45, 2.75) is 26.3 Å². The molecule has 0 spiro atoms. The number of nitrogens with one attached hydrogen (secondary N) is 2. The van der Waals surface area contributed by atoms with Crippen molar-refractivity contribution in [2.24, 2.45) is 0 Å². The molecule has 0 atom stereocenters. The highest BCUT2D eigenvalue weighted by Gasteiger charge is 2.17. The van der Waals surface area contributed by atoms with Gasteiger partial charge in [-0.15, -0.1) is 0 Å². The number of pyridine rings is 1. The normalized spacial score (nSPS) is 13.9. The number of aromatic nitrogens is 3. The lowest BCUT2D eigenvalue weighted by atomic mass is 10.3. The maximum absolute atomic E-state index is 12.1. The quantitative estimate of drug-likeness (QED) is 0.903. The fourth-order valence-electron chi connectivity index (χ4n) is 2.51. The van der Waals surface area contributed by atoms with Crippen molar-refractivity contribution < 1.29 is 4.79 Å². The maximum atomic E-state index is 12.1. The van der Waals surface area contributed by atoms with E-state index >= 15 is 0 Å². The average Bonchev–Trinajstić information content (AvgIpc) is 3.09. The fraction of sp³-hybridized carbons (Fsp3) is 0.375. The second kappa shape index (κ2) is 7.04. The monoisotopic (exact) mass is 312 g/mol. The number of anilines is 2. The van der Waals surface area contributed by atoms with E-state index in [1.807, 2.05) is 19.1 Å². The third-order valence-electron chi connectivity index (χ3n) is 3.68. The van der Waals surface area contributed by atoms with Crippen LogP contribution < -0.4 is 15.5 Å². The molecule has 2 N–H and O–H groups in total. The number of hydrogen-bond donors (Lipinski definition) is 2. The number of aryl methyl sites for hydroxylation is 1. The maximum Gasteiger partial charge on any atom is 0.319 e. The summed E-state index contributed by atoms with van der Waals surface area (Å²) in [5.74, 6) is 1.41. The Kier molecular flexibility index (Phi) is 4.65. The van der Waals surface area contributed by atoms with Gasteiger partial charge in [-0.1, -0.05) is 0 Å². The van der Waals surface area contributed by atoms with Crippen LogP contribution in [0.25, 0.3) is 0 Å². The Hall–Kier alpha value is -2.70. The summed E-state index contributed by atoms with van der Waals surface area (Å²) in [6.07, 6.45) is 7.53. The molecule has 0 saturated carbocycles. The summed E-state index contributed by atoms with van der Waals surface area (Å²) in [6.45, 7) is 4.16. The van der Waals surface area contributed by atoms with Gasteiger partial charge >= 0.3 is 6.03 Å². The molecule has 0 radical (unpaired) electrons. The Bertz CT molecular complexity index is 667. The summed E-state index contributed by atoms with van der Waals surface area (Å²) in [5.41, 5.74) is 1.71. The molecular weight excluding hydrogens is 292 g/mol. The SMILES string of the molecule is Cc1cnc(CNC(=O)Nc2cccnc2N2CCCC2)nc1. The Labute approximate surface area is 135 Å². The standard InChI is InChI=1S/C16H20N6O/c1-12-9-18-14(19-10-12)11-20-16(23)21-13-5-4-6-17-15(13)22-7-2-3-8-22/h4-6,9-10H,2-3,7-8,11H2,1H3,(H2,20,21,23). The summed E-state index contributed by atoms with van der Waals surface area (Å²) in [4.78, 5) is 27.0. The van der Waals surface area contributed by atoms with Gasteiger partial charge in [0.2, 0.25) is 0 Å². The topological polar surface area (TPSA) is 83.0 Å². The second-order valence-electron chi connectivity index (χ2n) is 5.55. The summed E-state index contributed by atoms with van der Waals surface area (Å²) >= 11 is 0. The zero-order chi connectivity index (χ0) is 16.1. The molecule has 3 rings (SSSR count). The number of nitrogens with zero attached hydrogens (tertiary/aromatic N) is 4. The van der Waals surface area contributed by atoms with Crippen molar-refractivity contribution in [1.29, 1.82) is 0 Å². The predicted octanol–water partition coefficient (Wildman–Crippen LogP) is 2.10. The molecule has 3 heterocycles. The van der Waals surface area contributed by atoms with Gasteiger partial charge in [-0.3, -0.25) is 0 Å². The lowest BCUT2D eigenvalue weighted by molar-refractivity contribution is 0.251. The van der Waals surface area contributed by atoms with Crippen molar-refractivity contribution in [2.75, 3.05) is 23.3 Å². The molecule has 2 aromatic rings. The highest BCUT2D eigenvalue weighted by molar-refractivity contribution is 5.92. The smallest absolute Gasteiger partial charge is 0.319 e. The van der Waals surface area contributed by atoms with Crippen LogP contribution >= 0.6 is 0 Å². The van der Waals surface area contributed by atoms with Crippen molar-refractivity contribution in [3.05, 3.63) is 42.1 Å². The Morgan fingerprint density at radius 3 is 2.70 bits per heavy atom. The third-order valence-corrected chi connectivity index (χ3v) is 3.68. The van der Waals surface area contributed by atoms with E-state index in [1.165, 1.54) is 0 Å². The zero-order valence-electron chi connectivity index (χ0n) is 13.1.